The van der Waals surface area contributed by atoms with Crippen LogP contribution in [0.5, 0.6) is 5.75 Å². The number of hydrogen-bond acceptors (Lipinski definition) is 5. The first-order chi connectivity index (χ1) is 14.1. The van der Waals surface area contributed by atoms with Gasteiger partial charge in [0.25, 0.3) is 5.91 Å². The van der Waals surface area contributed by atoms with E-state index < -0.39 is 0 Å². The quantitative estimate of drug-likeness (QED) is 0.572. The topological polar surface area (TPSA) is 106 Å². The Morgan fingerprint density at radius 1 is 1.21 bits per heavy atom. The van der Waals surface area contributed by atoms with Gasteiger partial charge in [-0.05, 0) is 49.2 Å². The zero-order valence-electron chi connectivity index (χ0n) is 15.6. The molecule has 0 spiro atoms. The molecule has 0 radical (unpaired) electrons. The van der Waals surface area contributed by atoms with Gasteiger partial charge in [0.1, 0.15) is 29.0 Å². The Kier molecular flexibility index (Phi) is 6.43. The molecule has 1 amide bonds. The molecule has 0 fully saturated rings. The summed E-state index contributed by atoms with van der Waals surface area (Å²) < 4.78 is 19.9. The number of para-hydroxylation sites is 1. The molecule has 1 aromatic heterocycles. The van der Waals surface area contributed by atoms with Crippen molar-refractivity contribution < 1.29 is 13.9 Å². The molecule has 29 heavy (non-hydrogen) atoms. The van der Waals surface area contributed by atoms with Crippen LogP contribution in [-0.2, 0) is 11.2 Å². The molecule has 0 saturated carbocycles. The van der Waals surface area contributed by atoms with Crippen molar-refractivity contribution in [3.05, 3.63) is 71.7 Å². The van der Waals surface area contributed by atoms with E-state index in [1.807, 2.05) is 18.2 Å². The molecule has 0 unspecified atom stereocenters. The fraction of sp³-hybridized carbons (Fsp3) is 0.190. The van der Waals surface area contributed by atoms with E-state index >= 15 is 0 Å². The molecule has 3 N–H and O–H groups in total. The van der Waals surface area contributed by atoms with Gasteiger partial charge in [0.05, 0.1) is 11.4 Å². The number of nitrogens with one attached hydrogen (secondary N) is 1. The second kappa shape index (κ2) is 9.37. The van der Waals surface area contributed by atoms with Crippen LogP contribution in [0.2, 0.25) is 0 Å². The average molecular weight is 393 g/mol. The van der Waals surface area contributed by atoms with Crippen LogP contribution in [0.3, 0.4) is 0 Å². The molecule has 0 bridgehead atoms. The predicted octanol–water partition coefficient (Wildman–Crippen LogP) is 2.59. The highest BCUT2D eigenvalue weighted by Gasteiger charge is 2.16. The minimum Gasteiger partial charge on any atom is -0.484 e. The van der Waals surface area contributed by atoms with Crippen LogP contribution in [0.25, 0.3) is 5.69 Å². The molecule has 7 nitrogen and oxygen atoms in total. The van der Waals surface area contributed by atoms with E-state index in [1.54, 1.807) is 12.1 Å². The number of nitrogens with two attached hydrogens (primary N) is 1. The highest BCUT2D eigenvalue weighted by Crippen LogP contribution is 2.21. The zero-order chi connectivity index (χ0) is 20.6. The van der Waals surface area contributed by atoms with Crippen LogP contribution in [-0.4, -0.2) is 28.8 Å². The number of nitriles is 1. The van der Waals surface area contributed by atoms with Gasteiger partial charge in [-0.1, -0.05) is 18.2 Å². The number of halogens is 1. The van der Waals surface area contributed by atoms with Gasteiger partial charge in [0.15, 0.2) is 6.61 Å². The van der Waals surface area contributed by atoms with Crippen molar-refractivity contribution in [2.75, 3.05) is 18.9 Å². The predicted molar refractivity (Wildman–Crippen MR) is 106 cm³/mol. The number of anilines is 1. The summed E-state index contributed by atoms with van der Waals surface area (Å²) in [5.41, 5.74) is 7.41. The summed E-state index contributed by atoms with van der Waals surface area (Å²) in [6.07, 6.45) is 1.03. The lowest BCUT2D eigenvalue weighted by molar-refractivity contribution is -0.123. The van der Waals surface area contributed by atoms with Crippen molar-refractivity contribution in [2.24, 2.45) is 0 Å². The van der Waals surface area contributed by atoms with E-state index in [0.717, 1.165) is 0 Å². The lowest BCUT2D eigenvalue weighted by atomic mass is 10.1. The van der Waals surface area contributed by atoms with Crippen molar-refractivity contribution >= 4 is 11.7 Å². The standard InChI is InChI=1S/C21H20FN5O2/c22-15-8-10-16(11-9-15)27-21(24)18(13-23)19(26-27)7-4-12-25-20(28)14-29-17-5-2-1-3-6-17/h1-3,5-6,8-11H,4,7,12,14,24H2,(H,25,28). The molecule has 0 aliphatic heterocycles. The van der Waals surface area contributed by atoms with Crippen molar-refractivity contribution in [1.82, 2.24) is 15.1 Å². The summed E-state index contributed by atoms with van der Waals surface area (Å²) in [6, 6.07) is 16.8. The summed E-state index contributed by atoms with van der Waals surface area (Å²) in [4.78, 5) is 11.9. The van der Waals surface area contributed by atoms with Gasteiger partial charge in [0.2, 0.25) is 0 Å². The van der Waals surface area contributed by atoms with Gasteiger partial charge in [-0.3, -0.25) is 4.79 Å². The molecular formula is C21H20FN5O2. The lowest BCUT2D eigenvalue weighted by Gasteiger charge is -2.07. The first kappa shape index (κ1) is 19.9. The summed E-state index contributed by atoms with van der Waals surface area (Å²) in [5.74, 6) is 0.232. The van der Waals surface area contributed by atoms with E-state index in [4.69, 9.17) is 10.5 Å². The zero-order valence-corrected chi connectivity index (χ0v) is 15.6. The van der Waals surface area contributed by atoms with Crippen molar-refractivity contribution in [3.63, 3.8) is 0 Å². The lowest BCUT2D eigenvalue weighted by Crippen LogP contribution is -2.29. The Balaban J connectivity index is 1.52. The molecule has 0 aliphatic carbocycles. The number of ether oxygens (including phenoxy) is 1. The van der Waals surface area contributed by atoms with Crippen molar-refractivity contribution in [1.29, 1.82) is 5.26 Å². The second-order valence-electron chi connectivity index (χ2n) is 6.26. The fourth-order valence-corrected chi connectivity index (χ4v) is 2.75. The monoisotopic (exact) mass is 393 g/mol. The SMILES string of the molecule is N#Cc1c(CCCNC(=O)COc2ccccc2)nn(-c2ccc(F)cc2)c1N. The third-order valence-corrected chi connectivity index (χ3v) is 4.20. The minimum atomic E-state index is -0.368. The van der Waals surface area contributed by atoms with E-state index in [1.165, 1.54) is 28.9 Å². The number of carbonyl (C=O) groups excluding carboxylic acids is 1. The van der Waals surface area contributed by atoms with Gasteiger partial charge in [-0.2, -0.15) is 10.4 Å². The van der Waals surface area contributed by atoms with Crippen LogP contribution in [0, 0.1) is 17.1 Å². The van der Waals surface area contributed by atoms with E-state index in [0.29, 0.717) is 36.5 Å². The van der Waals surface area contributed by atoms with Crippen LogP contribution >= 0.6 is 0 Å². The van der Waals surface area contributed by atoms with Crippen LogP contribution in [0.4, 0.5) is 10.2 Å². The summed E-state index contributed by atoms with van der Waals surface area (Å²) >= 11 is 0. The Morgan fingerprint density at radius 2 is 1.93 bits per heavy atom. The number of carbonyl (C=O) groups is 1. The Morgan fingerprint density at radius 3 is 2.62 bits per heavy atom. The molecular weight excluding hydrogens is 373 g/mol. The van der Waals surface area contributed by atoms with E-state index in [-0.39, 0.29) is 29.7 Å². The molecule has 1 heterocycles. The fourth-order valence-electron chi connectivity index (χ4n) is 2.75. The average Bonchev–Trinajstić information content (AvgIpc) is 3.06. The Hall–Kier alpha value is -3.86. The number of aryl methyl sites for hydroxylation is 1. The Labute approximate surface area is 167 Å². The maximum absolute atomic E-state index is 13.1. The largest absolute Gasteiger partial charge is 0.484 e. The third kappa shape index (κ3) is 5.11. The number of nitrogens with zero attached hydrogens (tertiary/aromatic N) is 3. The normalized spacial score (nSPS) is 10.3. The molecule has 3 aromatic rings. The number of hydrogen-bond donors (Lipinski definition) is 2. The number of rotatable bonds is 8. The molecule has 0 saturated heterocycles. The first-order valence-electron chi connectivity index (χ1n) is 9.06. The van der Waals surface area contributed by atoms with E-state index in [2.05, 4.69) is 16.5 Å². The molecule has 2 aromatic carbocycles. The summed E-state index contributed by atoms with van der Waals surface area (Å²) in [7, 11) is 0. The third-order valence-electron chi connectivity index (χ3n) is 4.20. The smallest absolute Gasteiger partial charge is 0.257 e. The summed E-state index contributed by atoms with van der Waals surface area (Å²) in [6.45, 7) is 0.338. The van der Waals surface area contributed by atoms with Gasteiger partial charge >= 0.3 is 0 Å². The van der Waals surface area contributed by atoms with Gasteiger partial charge in [0, 0.05) is 6.54 Å². The molecule has 0 atom stereocenters. The highest BCUT2D eigenvalue weighted by molar-refractivity contribution is 5.77. The maximum atomic E-state index is 13.1. The van der Waals surface area contributed by atoms with Crippen molar-refractivity contribution in [3.8, 4) is 17.5 Å². The van der Waals surface area contributed by atoms with Crippen LogP contribution in [0.15, 0.2) is 54.6 Å². The van der Waals surface area contributed by atoms with Gasteiger partial charge in [-0.25, -0.2) is 9.07 Å². The number of nitrogen functional groups attached to an aromatic ring is 1. The highest BCUT2D eigenvalue weighted by atomic mass is 19.1. The summed E-state index contributed by atoms with van der Waals surface area (Å²) in [5, 5.41) is 16.5. The number of benzene rings is 2. The Bertz CT molecular complexity index is 1010. The number of amides is 1. The molecule has 8 heteroatoms. The second-order valence-corrected chi connectivity index (χ2v) is 6.26. The number of aromatic nitrogens is 2. The molecule has 3 rings (SSSR count). The van der Waals surface area contributed by atoms with Crippen LogP contribution < -0.4 is 15.8 Å². The van der Waals surface area contributed by atoms with Crippen molar-refractivity contribution in [2.45, 2.75) is 12.8 Å². The molecule has 148 valence electrons. The van der Waals surface area contributed by atoms with E-state index in [9.17, 15) is 14.4 Å². The van der Waals surface area contributed by atoms with Gasteiger partial charge < -0.3 is 15.8 Å². The van der Waals surface area contributed by atoms with Crippen LogP contribution in [0.1, 0.15) is 17.7 Å². The first-order valence-corrected chi connectivity index (χ1v) is 9.06. The molecule has 0 aliphatic rings. The minimum absolute atomic E-state index is 0.0698. The maximum Gasteiger partial charge on any atom is 0.257 e. The van der Waals surface area contributed by atoms with Gasteiger partial charge in [-0.15, -0.1) is 0 Å².